The Morgan fingerprint density at radius 3 is 3.00 bits per heavy atom. The highest BCUT2D eigenvalue weighted by Gasteiger charge is 2.23. The lowest BCUT2D eigenvalue weighted by molar-refractivity contribution is 0.134. The molecule has 0 spiro atoms. The number of amides is 2. The number of nitrogens with zero attached hydrogens (tertiary/aromatic N) is 1. The van der Waals surface area contributed by atoms with Gasteiger partial charge in [-0.05, 0) is 24.6 Å². The number of β-amino-alcohol motifs (C(OH)–C–C–N with tert-alkyl or cyclic N) is 1. The maximum absolute atomic E-state index is 11.8. The number of aliphatic hydroxyl groups is 1. The summed E-state index contributed by atoms with van der Waals surface area (Å²) in [5, 5.41) is 15.2. The van der Waals surface area contributed by atoms with Gasteiger partial charge in [-0.1, -0.05) is 6.07 Å². The molecule has 0 aliphatic carbocycles. The smallest absolute Gasteiger partial charge is 0.322 e. The average molecular weight is 235 g/mol. The molecule has 0 saturated heterocycles. The third-order valence-electron chi connectivity index (χ3n) is 2.77. The van der Waals surface area contributed by atoms with Crippen LogP contribution in [-0.4, -0.2) is 35.7 Å². The summed E-state index contributed by atoms with van der Waals surface area (Å²) in [6.45, 7) is 2.56. The van der Waals surface area contributed by atoms with Crippen LogP contribution in [-0.2, 0) is 6.54 Å². The fourth-order valence-corrected chi connectivity index (χ4v) is 1.92. The first-order chi connectivity index (χ1) is 8.10. The molecule has 0 unspecified atom stereocenters. The van der Waals surface area contributed by atoms with Crippen molar-refractivity contribution in [1.82, 2.24) is 4.90 Å². The molecular formula is C12H17N3O2. The molecule has 0 fully saturated rings. The molecule has 0 radical (unpaired) electrons. The van der Waals surface area contributed by atoms with Crippen molar-refractivity contribution in [3.8, 4) is 0 Å². The van der Waals surface area contributed by atoms with E-state index in [2.05, 4.69) is 10.6 Å². The van der Waals surface area contributed by atoms with Gasteiger partial charge in [-0.2, -0.15) is 0 Å². The number of carbonyl (C=O) groups excluding carboxylic acids is 1. The lowest BCUT2D eigenvalue weighted by Crippen LogP contribution is -2.42. The number of urea groups is 1. The van der Waals surface area contributed by atoms with Crippen LogP contribution in [0.2, 0.25) is 0 Å². The molecule has 1 aromatic rings. The van der Waals surface area contributed by atoms with E-state index in [4.69, 9.17) is 0 Å². The predicted molar refractivity (Wildman–Crippen MR) is 67.1 cm³/mol. The fourth-order valence-electron chi connectivity index (χ4n) is 1.92. The van der Waals surface area contributed by atoms with E-state index in [1.165, 1.54) is 0 Å². The highest BCUT2D eigenvalue weighted by molar-refractivity contribution is 5.93. The van der Waals surface area contributed by atoms with Crippen LogP contribution in [0.1, 0.15) is 12.5 Å². The molecule has 1 atom stereocenters. The van der Waals surface area contributed by atoms with Crippen molar-refractivity contribution in [3.63, 3.8) is 0 Å². The molecular weight excluding hydrogens is 218 g/mol. The van der Waals surface area contributed by atoms with Crippen LogP contribution in [0.5, 0.6) is 0 Å². The van der Waals surface area contributed by atoms with Crippen LogP contribution in [0.3, 0.4) is 0 Å². The van der Waals surface area contributed by atoms with Gasteiger partial charge in [0, 0.05) is 31.5 Å². The van der Waals surface area contributed by atoms with Crippen molar-refractivity contribution in [1.29, 1.82) is 0 Å². The van der Waals surface area contributed by atoms with Gasteiger partial charge in [0.2, 0.25) is 0 Å². The zero-order valence-corrected chi connectivity index (χ0v) is 10.0. The topological polar surface area (TPSA) is 64.6 Å². The number of aliphatic hydroxyl groups excluding tert-OH is 1. The molecule has 1 heterocycles. The van der Waals surface area contributed by atoms with E-state index < -0.39 is 6.10 Å². The molecule has 2 rings (SSSR count). The van der Waals surface area contributed by atoms with Gasteiger partial charge in [-0.3, -0.25) is 0 Å². The van der Waals surface area contributed by atoms with Crippen LogP contribution in [0.4, 0.5) is 16.2 Å². The standard InChI is InChI=1S/C12H17N3O2/c1-8(16)6-15-7-9-3-4-10(13-2)5-11(9)14-12(15)17/h3-5,8,13,16H,6-7H2,1-2H3,(H,14,17)/t8-/m0/s1. The lowest BCUT2D eigenvalue weighted by Gasteiger charge is -2.30. The number of hydrogen-bond donors (Lipinski definition) is 3. The Balaban J connectivity index is 2.21. The number of nitrogens with one attached hydrogen (secondary N) is 2. The number of fused-ring (bicyclic) bond motifs is 1. The summed E-state index contributed by atoms with van der Waals surface area (Å²) in [6.07, 6.45) is -0.515. The van der Waals surface area contributed by atoms with Crippen molar-refractivity contribution in [2.24, 2.45) is 0 Å². The summed E-state index contributed by atoms with van der Waals surface area (Å²) in [5.41, 5.74) is 2.86. The monoisotopic (exact) mass is 235 g/mol. The zero-order chi connectivity index (χ0) is 12.4. The Morgan fingerprint density at radius 1 is 1.59 bits per heavy atom. The summed E-state index contributed by atoms with van der Waals surface area (Å²) < 4.78 is 0. The Bertz CT molecular complexity index is 432. The Hall–Kier alpha value is -1.75. The molecule has 17 heavy (non-hydrogen) atoms. The van der Waals surface area contributed by atoms with Gasteiger partial charge < -0.3 is 20.6 Å². The van der Waals surface area contributed by atoms with Crippen LogP contribution in [0, 0.1) is 0 Å². The fraction of sp³-hybridized carbons (Fsp3) is 0.417. The first-order valence-corrected chi connectivity index (χ1v) is 5.65. The maximum Gasteiger partial charge on any atom is 0.322 e. The van der Waals surface area contributed by atoms with Crippen LogP contribution < -0.4 is 10.6 Å². The van der Waals surface area contributed by atoms with Crippen LogP contribution >= 0.6 is 0 Å². The zero-order valence-electron chi connectivity index (χ0n) is 10.0. The molecule has 1 aliphatic heterocycles. The second kappa shape index (κ2) is 4.63. The minimum absolute atomic E-state index is 0.161. The van der Waals surface area contributed by atoms with Crippen LogP contribution in [0.25, 0.3) is 0 Å². The van der Waals surface area contributed by atoms with Gasteiger partial charge in [-0.25, -0.2) is 4.79 Å². The highest BCUT2D eigenvalue weighted by atomic mass is 16.3. The minimum Gasteiger partial charge on any atom is -0.392 e. The van der Waals surface area contributed by atoms with E-state index in [1.54, 1.807) is 11.8 Å². The minimum atomic E-state index is -0.515. The summed E-state index contributed by atoms with van der Waals surface area (Å²) >= 11 is 0. The SMILES string of the molecule is CNc1ccc2c(c1)NC(=O)N(C[C@H](C)O)C2. The van der Waals surface area contributed by atoms with E-state index in [9.17, 15) is 9.90 Å². The van der Waals surface area contributed by atoms with E-state index in [-0.39, 0.29) is 6.03 Å². The summed E-state index contributed by atoms with van der Waals surface area (Å²) in [5.74, 6) is 0. The normalized spacial score (nSPS) is 16.2. The molecule has 1 aliphatic rings. The summed E-state index contributed by atoms with van der Waals surface area (Å²) in [7, 11) is 1.84. The van der Waals surface area contributed by atoms with Crippen LogP contribution in [0.15, 0.2) is 18.2 Å². The van der Waals surface area contributed by atoms with E-state index >= 15 is 0 Å². The quantitative estimate of drug-likeness (QED) is 0.743. The maximum atomic E-state index is 11.8. The Morgan fingerprint density at radius 2 is 2.35 bits per heavy atom. The van der Waals surface area contributed by atoms with Crippen molar-refractivity contribution in [3.05, 3.63) is 23.8 Å². The molecule has 1 aromatic carbocycles. The van der Waals surface area contributed by atoms with Gasteiger partial charge >= 0.3 is 6.03 Å². The van der Waals surface area contributed by atoms with Gasteiger partial charge in [0.1, 0.15) is 0 Å². The summed E-state index contributed by atoms with van der Waals surface area (Å²) in [6, 6.07) is 5.70. The van der Waals surface area contributed by atoms with Gasteiger partial charge in [0.15, 0.2) is 0 Å². The van der Waals surface area contributed by atoms with Crippen molar-refractivity contribution in [2.75, 3.05) is 24.2 Å². The third kappa shape index (κ3) is 2.50. The molecule has 2 amide bonds. The number of rotatable bonds is 3. The van der Waals surface area contributed by atoms with Crippen molar-refractivity contribution in [2.45, 2.75) is 19.6 Å². The van der Waals surface area contributed by atoms with Crippen molar-refractivity contribution >= 4 is 17.4 Å². The van der Waals surface area contributed by atoms with Gasteiger partial charge in [0.25, 0.3) is 0 Å². The number of benzene rings is 1. The van der Waals surface area contributed by atoms with E-state index in [0.29, 0.717) is 13.1 Å². The molecule has 92 valence electrons. The molecule has 0 bridgehead atoms. The first kappa shape index (κ1) is 11.7. The average Bonchev–Trinajstić information content (AvgIpc) is 2.29. The second-order valence-electron chi connectivity index (χ2n) is 4.28. The molecule has 0 aromatic heterocycles. The molecule has 0 saturated carbocycles. The molecule has 5 heteroatoms. The van der Waals surface area contributed by atoms with Gasteiger partial charge in [-0.15, -0.1) is 0 Å². The third-order valence-corrected chi connectivity index (χ3v) is 2.77. The molecule has 5 nitrogen and oxygen atoms in total. The summed E-state index contributed by atoms with van der Waals surface area (Å²) in [4.78, 5) is 13.4. The Labute approximate surface area is 100 Å². The Kier molecular flexibility index (Phi) is 3.19. The van der Waals surface area contributed by atoms with Crippen molar-refractivity contribution < 1.29 is 9.90 Å². The first-order valence-electron chi connectivity index (χ1n) is 5.65. The van der Waals surface area contributed by atoms with E-state index in [1.807, 2.05) is 25.2 Å². The van der Waals surface area contributed by atoms with Gasteiger partial charge in [0.05, 0.1) is 6.10 Å². The highest BCUT2D eigenvalue weighted by Crippen LogP contribution is 2.26. The molecule has 3 N–H and O–H groups in total. The largest absolute Gasteiger partial charge is 0.392 e. The second-order valence-corrected chi connectivity index (χ2v) is 4.28. The number of anilines is 2. The lowest BCUT2D eigenvalue weighted by atomic mass is 10.1. The predicted octanol–water partition coefficient (Wildman–Crippen LogP) is 1.46. The van der Waals surface area contributed by atoms with E-state index in [0.717, 1.165) is 16.9 Å². The number of carbonyl (C=O) groups is 1. The number of hydrogen-bond acceptors (Lipinski definition) is 3.